The number of Topliss-reactive ketones (excluding diaryl/α,β-unsaturated/α-hetero) is 1. The summed E-state index contributed by atoms with van der Waals surface area (Å²) in [7, 11) is 1.64. The molecule has 0 atom stereocenters. The van der Waals surface area contributed by atoms with Crippen LogP contribution < -0.4 is 14.2 Å². The van der Waals surface area contributed by atoms with Gasteiger partial charge in [-0.05, 0) is 48.5 Å². The predicted octanol–water partition coefficient (Wildman–Crippen LogP) is 5.89. The maximum atomic E-state index is 12.6. The molecule has 0 unspecified atom stereocenters. The standard InChI is InChI=1S/C25H22ClNO4/c1-29-17-4-6-18(7-5-17)30-11-2-12-31-19-14-21-20-8-3-16(26)13-23(20)27-10-9-24(28)22(15-19)25(21)27/h3-8,13-15H,2,9-12H2,1H3. The van der Waals surface area contributed by atoms with E-state index in [1.807, 2.05) is 54.6 Å². The van der Waals surface area contributed by atoms with Crippen LogP contribution in [-0.2, 0) is 6.54 Å². The Morgan fingerprint density at radius 1 is 0.903 bits per heavy atom. The molecule has 0 bridgehead atoms. The monoisotopic (exact) mass is 435 g/mol. The lowest BCUT2D eigenvalue weighted by Gasteiger charge is -2.17. The van der Waals surface area contributed by atoms with Crippen LogP contribution in [0.3, 0.4) is 0 Å². The molecule has 0 saturated heterocycles. The minimum absolute atomic E-state index is 0.152. The number of aryl methyl sites for hydroxylation is 1. The minimum Gasteiger partial charge on any atom is -0.497 e. The van der Waals surface area contributed by atoms with Gasteiger partial charge in [0.05, 0.1) is 31.4 Å². The van der Waals surface area contributed by atoms with Crippen molar-refractivity contribution < 1.29 is 19.0 Å². The molecule has 0 saturated carbocycles. The summed E-state index contributed by atoms with van der Waals surface area (Å²) in [6.45, 7) is 1.72. The van der Waals surface area contributed by atoms with Gasteiger partial charge in [0.25, 0.3) is 0 Å². The van der Waals surface area contributed by atoms with Crippen LogP contribution in [0.1, 0.15) is 23.2 Å². The van der Waals surface area contributed by atoms with Gasteiger partial charge in [-0.2, -0.15) is 0 Å². The van der Waals surface area contributed by atoms with E-state index in [9.17, 15) is 4.79 Å². The second kappa shape index (κ2) is 8.16. The average Bonchev–Trinajstić information content (AvgIpc) is 3.10. The molecule has 1 aromatic heterocycles. The number of methoxy groups -OCH3 is 1. The van der Waals surface area contributed by atoms with Gasteiger partial charge in [0, 0.05) is 40.7 Å². The summed E-state index contributed by atoms with van der Waals surface area (Å²) in [5, 5.41) is 2.81. The van der Waals surface area contributed by atoms with E-state index in [0.717, 1.165) is 45.3 Å². The number of rotatable bonds is 7. The Kier molecular flexibility index (Phi) is 5.20. The topological polar surface area (TPSA) is 49.7 Å². The third kappa shape index (κ3) is 3.70. The molecule has 2 heterocycles. The summed E-state index contributed by atoms with van der Waals surface area (Å²) >= 11 is 6.23. The summed E-state index contributed by atoms with van der Waals surface area (Å²) in [5.74, 6) is 2.45. The van der Waals surface area contributed by atoms with Gasteiger partial charge in [0.1, 0.15) is 17.2 Å². The maximum Gasteiger partial charge on any atom is 0.166 e. The van der Waals surface area contributed by atoms with E-state index in [1.54, 1.807) is 7.11 Å². The van der Waals surface area contributed by atoms with Crippen molar-refractivity contribution in [2.24, 2.45) is 0 Å². The number of halogens is 1. The van der Waals surface area contributed by atoms with Crippen molar-refractivity contribution in [2.75, 3.05) is 20.3 Å². The van der Waals surface area contributed by atoms with Gasteiger partial charge in [-0.1, -0.05) is 17.7 Å². The lowest BCUT2D eigenvalue weighted by atomic mass is 10.0. The zero-order valence-electron chi connectivity index (χ0n) is 17.2. The van der Waals surface area contributed by atoms with Crippen LogP contribution in [0.15, 0.2) is 54.6 Å². The molecule has 0 radical (unpaired) electrons. The highest BCUT2D eigenvalue weighted by Gasteiger charge is 2.24. The van der Waals surface area contributed by atoms with E-state index in [1.165, 1.54) is 0 Å². The lowest BCUT2D eigenvalue weighted by Crippen LogP contribution is -2.14. The molecule has 0 spiro atoms. The van der Waals surface area contributed by atoms with Gasteiger partial charge in [-0.25, -0.2) is 0 Å². The van der Waals surface area contributed by atoms with Gasteiger partial charge < -0.3 is 18.8 Å². The first-order valence-electron chi connectivity index (χ1n) is 10.3. The molecular weight excluding hydrogens is 414 g/mol. The number of carbonyl (C=O) groups is 1. The first-order valence-corrected chi connectivity index (χ1v) is 10.7. The summed E-state index contributed by atoms with van der Waals surface area (Å²) in [5.41, 5.74) is 2.76. The van der Waals surface area contributed by atoms with E-state index in [2.05, 4.69) is 4.57 Å². The van der Waals surface area contributed by atoms with E-state index in [-0.39, 0.29) is 5.78 Å². The number of ether oxygens (including phenoxy) is 3. The van der Waals surface area contributed by atoms with Crippen LogP contribution in [0.2, 0.25) is 5.02 Å². The van der Waals surface area contributed by atoms with Crippen LogP contribution >= 0.6 is 11.6 Å². The van der Waals surface area contributed by atoms with Crippen LogP contribution in [0.4, 0.5) is 0 Å². The summed E-state index contributed by atoms with van der Waals surface area (Å²) in [6.07, 6.45) is 1.21. The molecule has 1 aliphatic rings. The summed E-state index contributed by atoms with van der Waals surface area (Å²) in [4.78, 5) is 12.6. The SMILES string of the molecule is COc1ccc(OCCCOc2cc3c4c(c2)c2ccc(Cl)cc2n4CCC3=O)cc1. The van der Waals surface area contributed by atoms with Crippen molar-refractivity contribution in [2.45, 2.75) is 19.4 Å². The highest BCUT2D eigenvalue weighted by Crippen LogP contribution is 2.38. The third-order valence-corrected chi connectivity index (χ3v) is 5.88. The number of nitrogens with zero attached hydrogens (tertiary/aromatic N) is 1. The van der Waals surface area contributed by atoms with Gasteiger partial charge in [0.2, 0.25) is 0 Å². The van der Waals surface area contributed by atoms with E-state index >= 15 is 0 Å². The fourth-order valence-electron chi connectivity index (χ4n) is 4.17. The van der Waals surface area contributed by atoms with Crippen LogP contribution in [0.5, 0.6) is 17.2 Å². The number of aromatic nitrogens is 1. The number of hydrogen-bond donors (Lipinski definition) is 0. The lowest BCUT2D eigenvalue weighted by molar-refractivity contribution is 0.0973. The van der Waals surface area contributed by atoms with Crippen LogP contribution in [0, 0.1) is 0 Å². The van der Waals surface area contributed by atoms with Crippen molar-refractivity contribution in [3.8, 4) is 17.2 Å². The Morgan fingerprint density at radius 3 is 2.42 bits per heavy atom. The Hall–Kier alpha value is -3.18. The molecule has 6 heteroatoms. The molecule has 31 heavy (non-hydrogen) atoms. The van der Waals surface area contributed by atoms with Gasteiger partial charge in [-0.15, -0.1) is 0 Å². The van der Waals surface area contributed by atoms with Crippen LogP contribution in [-0.4, -0.2) is 30.7 Å². The molecule has 1 aliphatic heterocycles. The van der Waals surface area contributed by atoms with Crippen molar-refractivity contribution in [3.63, 3.8) is 0 Å². The largest absolute Gasteiger partial charge is 0.497 e. The number of ketones is 1. The molecular formula is C25H22ClNO4. The third-order valence-electron chi connectivity index (χ3n) is 5.64. The molecule has 0 amide bonds. The fourth-order valence-corrected chi connectivity index (χ4v) is 4.33. The van der Waals surface area contributed by atoms with Gasteiger partial charge >= 0.3 is 0 Å². The second-order valence-electron chi connectivity index (χ2n) is 7.58. The molecule has 5 nitrogen and oxygen atoms in total. The Labute approximate surface area is 185 Å². The molecule has 0 N–H and O–H groups in total. The number of benzene rings is 3. The number of carbonyl (C=O) groups excluding carboxylic acids is 1. The zero-order valence-corrected chi connectivity index (χ0v) is 17.9. The van der Waals surface area contributed by atoms with Crippen molar-refractivity contribution >= 4 is 39.2 Å². The maximum absolute atomic E-state index is 12.6. The normalized spacial score (nSPS) is 13.0. The Bertz CT molecular complexity index is 1280. The molecule has 3 aromatic carbocycles. The van der Waals surface area contributed by atoms with Gasteiger partial charge in [0.15, 0.2) is 5.78 Å². The Balaban J connectivity index is 1.32. The van der Waals surface area contributed by atoms with Gasteiger partial charge in [-0.3, -0.25) is 4.79 Å². The Morgan fingerprint density at radius 2 is 1.65 bits per heavy atom. The number of hydrogen-bond acceptors (Lipinski definition) is 4. The first kappa shape index (κ1) is 19.8. The van der Waals surface area contributed by atoms with Crippen molar-refractivity contribution in [1.29, 1.82) is 0 Å². The first-order chi connectivity index (χ1) is 15.1. The molecule has 5 rings (SSSR count). The van der Waals surface area contributed by atoms with E-state index in [4.69, 9.17) is 25.8 Å². The fraction of sp³-hybridized carbons (Fsp3) is 0.240. The molecule has 0 aliphatic carbocycles. The highest BCUT2D eigenvalue weighted by atomic mass is 35.5. The number of fused-ring (bicyclic) bond motifs is 3. The van der Waals surface area contributed by atoms with Crippen molar-refractivity contribution in [1.82, 2.24) is 4.57 Å². The smallest absolute Gasteiger partial charge is 0.166 e. The second-order valence-corrected chi connectivity index (χ2v) is 8.02. The van der Waals surface area contributed by atoms with Crippen molar-refractivity contribution in [3.05, 3.63) is 65.2 Å². The quantitative estimate of drug-likeness (QED) is 0.339. The summed E-state index contributed by atoms with van der Waals surface area (Å²) < 4.78 is 19.1. The van der Waals surface area contributed by atoms with E-state index in [0.29, 0.717) is 37.0 Å². The molecule has 4 aromatic rings. The highest BCUT2D eigenvalue weighted by molar-refractivity contribution is 6.31. The molecule has 158 valence electrons. The minimum atomic E-state index is 0.152. The predicted molar refractivity (Wildman–Crippen MR) is 122 cm³/mol. The molecule has 0 fully saturated rings. The van der Waals surface area contributed by atoms with Crippen LogP contribution in [0.25, 0.3) is 21.8 Å². The van der Waals surface area contributed by atoms with E-state index < -0.39 is 0 Å². The summed E-state index contributed by atoms with van der Waals surface area (Å²) in [6, 6.07) is 17.3. The average molecular weight is 436 g/mol. The zero-order chi connectivity index (χ0) is 21.4.